The highest BCUT2D eigenvalue weighted by Gasteiger charge is 2.31. The van der Waals surface area contributed by atoms with Crippen molar-refractivity contribution >= 4 is 0 Å². The molecule has 0 spiro atoms. The summed E-state index contributed by atoms with van der Waals surface area (Å²) in [7, 11) is 0. The third kappa shape index (κ3) is 2.09. The maximum Gasteiger partial charge on any atom is 0.0662 e. The molecule has 0 aromatic rings. The summed E-state index contributed by atoms with van der Waals surface area (Å²) in [6, 6.07) is 2.57. The third-order valence-electron chi connectivity index (χ3n) is 3.91. The second kappa shape index (κ2) is 4.79. The highest BCUT2D eigenvalue weighted by atomic mass is 14.9. The first-order chi connectivity index (χ1) is 6.92. The van der Waals surface area contributed by atoms with Crippen LogP contribution in [-0.4, -0.2) is 13.1 Å². The van der Waals surface area contributed by atoms with Gasteiger partial charge in [-0.3, -0.25) is 0 Å². The molecule has 1 heterocycles. The largest absolute Gasteiger partial charge is 0.316 e. The van der Waals surface area contributed by atoms with Gasteiger partial charge in [-0.25, -0.2) is 0 Å². The minimum Gasteiger partial charge on any atom is -0.316 e. The molecule has 1 aliphatic heterocycles. The van der Waals surface area contributed by atoms with Crippen molar-refractivity contribution in [1.82, 2.24) is 5.32 Å². The van der Waals surface area contributed by atoms with Crippen molar-refractivity contribution in [3.05, 3.63) is 0 Å². The fraction of sp³-hybridized carbons (Fsp3) is 0.917. The zero-order valence-corrected chi connectivity index (χ0v) is 8.84. The number of nitriles is 1. The Morgan fingerprint density at radius 1 is 1.07 bits per heavy atom. The molecule has 2 unspecified atom stereocenters. The van der Waals surface area contributed by atoms with Crippen LogP contribution in [-0.2, 0) is 0 Å². The van der Waals surface area contributed by atoms with Crippen LogP contribution in [0.5, 0.6) is 0 Å². The highest BCUT2D eigenvalue weighted by Crippen LogP contribution is 2.35. The van der Waals surface area contributed by atoms with Crippen LogP contribution in [0.3, 0.4) is 0 Å². The van der Waals surface area contributed by atoms with Gasteiger partial charge in [-0.15, -0.1) is 0 Å². The van der Waals surface area contributed by atoms with E-state index in [4.69, 9.17) is 0 Å². The van der Waals surface area contributed by atoms with Crippen LogP contribution in [0, 0.1) is 29.1 Å². The molecule has 1 aliphatic carbocycles. The normalized spacial score (nSPS) is 31.2. The Bertz CT molecular complexity index is 207. The first-order valence-corrected chi connectivity index (χ1v) is 6.02. The zero-order chi connectivity index (χ0) is 9.80. The van der Waals surface area contributed by atoms with Crippen LogP contribution in [0.25, 0.3) is 0 Å². The van der Waals surface area contributed by atoms with E-state index in [1.54, 1.807) is 0 Å². The lowest BCUT2D eigenvalue weighted by Crippen LogP contribution is -2.25. The van der Waals surface area contributed by atoms with E-state index in [-0.39, 0.29) is 0 Å². The first kappa shape index (κ1) is 9.98. The van der Waals surface area contributed by atoms with Gasteiger partial charge in [0.2, 0.25) is 0 Å². The second-order valence-corrected chi connectivity index (χ2v) is 4.81. The van der Waals surface area contributed by atoms with Crippen molar-refractivity contribution < 1.29 is 0 Å². The summed E-state index contributed by atoms with van der Waals surface area (Å²) in [6.45, 7) is 2.20. The van der Waals surface area contributed by atoms with Crippen LogP contribution in [0.2, 0.25) is 0 Å². The monoisotopic (exact) mass is 192 g/mol. The van der Waals surface area contributed by atoms with Gasteiger partial charge in [-0.2, -0.15) is 5.26 Å². The number of hydrogen-bond donors (Lipinski definition) is 1. The summed E-state index contributed by atoms with van der Waals surface area (Å²) in [5, 5.41) is 12.6. The lowest BCUT2D eigenvalue weighted by molar-refractivity contribution is 0.234. The molecule has 2 heteroatoms. The van der Waals surface area contributed by atoms with E-state index in [1.807, 2.05) is 0 Å². The van der Waals surface area contributed by atoms with Crippen LogP contribution in [0.4, 0.5) is 0 Å². The van der Waals surface area contributed by atoms with Gasteiger partial charge >= 0.3 is 0 Å². The molecule has 2 atom stereocenters. The van der Waals surface area contributed by atoms with Crippen molar-refractivity contribution in [2.45, 2.75) is 38.5 Å². The standard InChI is InChI=1S/C12H20N2/c13-8-12(11-6-7-14-9-11)10-4-2-1-3-5-10/h10-12,14H,1-7,9H2. The number of nitrogens with one attached hydrogen (secondary N) is 1. The van der Waals surface area contributed by atoms with E-state index >= 15 is 0 Å². The molecule has 1 N–H and O–H groups in total. The molecule has 0 bridgehead atoms. The fourth-order valence-electron chi connectivity index (χ4n) is 3.07. The average molecular weight is 192 g/mol. The maximum atomic E-state index is 9.26. The number of rotatable bonds is 2. The van der Waals surface area contributed by atoms with E-state index in [9.17, 15) is 5.26 Å². The van der Waals surface area contributed by atoms with Gasteiger partial charge in [-0.1, -0.05) is 19.3 Å². The molecule has 0 radical (unpaired) electrons. The molecule has 2 rings (SSSR count). The van der Waals surface area contributed by atoms with Gasteiger partial charge < -0.3 is 5.32 Å². The summed E-state index contributed by atoms with van der Waals surface area (Å²) < 4.78 is 0. The average Bonchev–Trinajstić information content (AvgIpc) is 2.74. The smallest absolute Gasteiger partial charge is 0.0662 e. The number of nitrogens with zero attached hydrogens (tertiary/aromatic N) is 1. The molecule has 1 saturated carbocycles. The van der Waals surface area contributed by atoms with Gasteiger partial charge in [0.05, 0.1) is 12.0 Å². The lowest BCUT2D eigenvalue weighted by Gasteiger charge is -2.29. The highest BCUT2D eigenvalue weighted by molar-refractivity contribution is 4.96. The minimum atomic E-state index is 0.338. The van der Waals surface area contributed by atoms with E-state index in [0.29, 0.717) is 17.8 Å². The lowest BCUT2D eigenvalue weighted by atomic mass is 9.74. The Morgan fingerprint density at radius 2 is 1.86 bits per heavy atom. The van der Waals surface area contributed by atoms with E-state index < -0.39 is 0 Å². The second-order valence-electron chi connectivity index (χ2n) is 4.81. The van der Waals surface area contributed by atoms with E-state index in [0.717, 1.165) is 13.1 Å². The molecule has 1 saturated heterocycles. The van der Waals surface area contributed by atoms with Crippen molar-refractivity contribution in [3.63, 3.8) is 0 Å². The number of hydrogen-bond acceptors (Lipinski definition) is 2. The first-order valence-electron chi connectivity index (χ1n) is 6.02. The van der Waals surface area contributed by atoms with E-state index in [2.05, 4.69) is 11.4 Å². The van der Waals surface area contributed by atoms with Crippen molar-refractivity contribution in [2.24, 2.45) is 17.8 Å². The van der Waals surface area contributed by atoms with Gasteiger partial charge in [0.15, 0.2) is 0 Å². The van der Waals surface area contributed by atoms with Gasteiger partial charge in [0.1, 0.15) is 0 Å². The van der Waals surface area contributed by atoms with Crippen LogP contribution in [0.15, 0.2) is 0 Å². The Morgan fingerprint density at radius 3 is 2.43 bits per heavy atom. The van der Waals surface area contributed by atoms with Gasteiger partial charge in [0.25, 0.3) is 0 Å². The zero-order valence-electron chi connectivity index (χ0n) is 8.84. The fourth-order valence-corrected chi connectivity index (χ4v) is 3.07. The molecule has 78 valence electrons. The Kier molecular flexibility index (Phi) is 3.42. The molecular weight excluding hydrogens is 172 g/mol. The molecule has 14 heavy (non-hydrogen) atoms. The summed E-state index contributed by atoms with van der Waals surface area (Å²) in [4.78, 5) is 0. The maximum absolute atomic E-state index is 9.26. The summed E-state index contributed by atoms with van der Waals surface area (Å²) >= 11 is 0. The molecule has 2 nitrogen and oxygen atoms in total. The third-order valence-corrected chi connectivity index (χ3v) is 3.91. The van der Waals surface area contributed by atoms with Gasteiger partial charge in [-0.05, 0) is 44.2 Å². The molecule has 2 fully saturated rings. The SMILES string of the molecule is N#CC(C1CCCCC1)C1CCNC1. The molecular formula is C12H20N2. The summed E-state index contributed by atoms with van der Waals surface area (Å²) in [5.41, 5.74) is 0. The van der Waals surface area contributed by atoms with Crippen LogP contribution in [0.1, 0.15) is 38.5 Å². The predicted molar refractivity (Wildman–Crippen MR) is 56.7 cm³/mol. The van der Waals surface area contributed by atoms with Crippen molar-refractivity contribution in [3.8, 4) is 6.07 Å². The van der Waals surface area contributed by atoms with Crippen LogP contribution >= 0.6 is 0 Å². The van der Waals surface area contributed by atoms with Crippen molar-refractivity contribution in [2.75, 3.05) is 13.1 Å². The molecule has 0 aromatic heterocycles. The quantitative estimate of drug-likeness (QED) is 0.728. The van der Waals surface area contributed by atoms with Gasteiger partial charge in [0, 0.05) is 0 Å². The van der Waals surface area contributed by atoms with Crippen molar-refractivity contribution in [1.29, 1.82) is 5.26 Å². The van der Waals surface area contributed by atoms with E-state index in [1.165, 1.54) is 38.5 Å². The Labute approximate surface area is 86.7 Å². The predicted octanol–water partition coefficient (Wildman–Crippen LogP) is 2.32. The van der Waals surface area contributed by atoms with Crippen LogP contribution < -0.4 is 5.32 Å². The Balaban J connectivity index is 1.93. The topological polar surface area (TPSA) is 35.8 Å². The summed E-state index contributed by atoms with van der Waals surface area (Å²) in [5.74, 6) is 1.69. The minimum absolute atomic E-state index is 0.338. The summed E-state index contributed by atoms with van der Waals surface area (Å²) in [6.07, 6.45) is 7.90. The molecule has 0 aromatic carbocycles. The Hall–Kier alpha value is -0.550. The molecule has 2 aliphatic rings. The molecule has 0 amide bonds.